The van der Waals surface area contributed by atoms with Crippen molar-refractivity contribution in [2.75, 3.05) is 19.8 Å². The van der Waals surface area contributed by atoms with Crippen molar-refractivity contribution in [2.24, 2.45) is 0 Å². The number of unbranched alkanes of at least 4 members (excludes halogenated alkanes) is 1. The highest BCUT2D eigenvalue weighted by molar-refractivity contribution is 5.88. The number of nitrogens with zero attached hydrogens (tertiary/aromatic N) is 2. The van der Waals surface area contributed by atoms with Crippen molar-refractivity contribution in [1.29, 1.82) is 0 Å². The van der Waals surface area contributed by atoms with E-state index in [-0.39, 0.29) is 12.5 Å². The molecule has 6 nitrogen and oxygen atoms in total. The molecule has 0 unspecified atom stereocenters. The van der Waals surface area contributed by atoms with E-state index in [0.29, 0.717) is 43.7 Å². The van der Waals surface area contributed by atoms with Gasteiger partial charge in [0.1, 0.15) is 0 Å². The first-order valence-corrected chi connectivity index (χ1v) is 11.7. The summed E-state index contributed by atoms with van der Waals surface area (Å²) in [6, 6.07) is 3.99. The molecular weight excluding hydrogens is 428 g/mol. The van der Waals surface area contributed by atoms with Crippen LogP contribution in [0.4, 0.5) is 0 Å². The second kappa shape index (κ2) is 16.4. The molecule has 0 atom stereocenters. The quantitative estimate of drug-likeness (QED) is 0.150. The van der Waals surface area contributed by atoms with Gasteiger partial charge in [-0.25, -0.2) is 4.79 Å². The third-order valence-corrected chi connectivity index (χ3v) is 5.21. The molecule has 0 saturated heterocycles. The Balaban J connectivity index is 2.65. The molecule has 0 bridgehead atoms. The Bertz CT molecular complexity index is 928. The molecule has 0 fully saturated rings. The number of ether oxygens (including phenoxy) is 1. The van der Waals surface area contributed by atoms with E-state index in [0.717, 1.165) is 29.8 Å². The molecule has 0 aliphatic carbocycles. The molecule has 0 aliphatic rings. The number of hydrogen-bond donors (Lipinski definition) is 1. The van der Waals surface area contributed by atoms with Crippen molar-refractivity contribution < 1.29 is 19.4 Å². The normalized spacial score (nSPS) is 12.1. The van der Waals surface area contributed by atoms with E-state index in [1.54, 1.807) is 30.1 Å². The molecular formula is C28H38N2O4. The summed E-state index contributed by atoms with van der Waals surface area (Å²) < 4.78 is 5.73. The van der Waals surface area contributed by atoms with Crippen molar-refractivity contribution in [3.8, 4) is 0 Å². The van der Waals surface area contributed by atoms with Gasteiger partial charge in [0, 0.05) is 32.1 Å². The van der Waals surface area contributed by atoms with E-state index in [1.165, 1.54) is 0 Å². The number of allylic oxidation sites excluding steroid dienone is 4. The minimum atomic E-state index is -0.935. The fourth-order valence-electron chi connectivity index (χ4n) is 3.44. The van der Waals surface area contributed by atoms with Crippen LogP contribution < -0.4 is 0 Å². The molecule has 1 rings (SSSR count). The number of carboxylic acids is 1. The van der Waals surface area contributed by atoms with Crippen molar-refractivity contribution in [3.05, 3.63) is 83.8 Å². The van der Waals surface area contributed by atoms with Crippen LogP contribution in [0.25, 0.3) is 6.08 Å². The van der Waals surface area contributed by atoms with Crippen LogP contribution in [0.3, 0.4) is 0 Å². The molecule has 1 heterocycles. The summed E-state index contributed by atoms with van der Waals surface area (Å²) in [6.45, 7) is 14.5. The Kier molecular flexibility index (Phi) is 13.9. The Labute approximate surface area is 204 Å². The van der Waals surface area contributed by atoms with E-state index in [4.69, 9.17) is 9.72 Å². The number of pyridine rings is 1. The molecule has 6 heteroatoms. The Morgan fingerprint density at radius 1 is 1.24 bits per heavy atom. The topological polar surface area (TPSA) is 79.7 Å². The van der Waals surface area contributed by atoms with Gasteiger partial charge < -0.3 is 14.7 Å². The van der Waals surface area contributed by atoms with Crippen LogP contribution in [0.5, 0.6) is 0 Å². The van der Waals surface area contributed by atoms with E-state index >= 15 is 0 Å². The predicted octanol–water partition coefficient (Wildman–Crippen LogP) is 5.52. The van der Waals surface area contributed by atoms with Crippen LogP contribution in [0.2, 0.25) is 0 Å². The monoisotopic (exact) mass is 466 g/mol. The first kappa shape index (κ1) is 28.8. The van der Waals surface area contributed by atoms with E-state index in [9.17, 15) is 14.7 Å². The zero-order valence-corrected chi connectivity index (χ0v) is 20.8. The second-order valence-corrected chi connectivity index (χ2v) is 7.79. The average molecular weight is 467 g/mol. The molecule has 0 aromatic carbocycles. The van der Waals surface area contributed by atoms with Gasteiger partial charge in [-0.05, 0) is 43.4 Å². The number of amides is 1. The van der Waals surface area contributed by atoms with Crippen molar-refractivity contribution >= 4 is 18.0 Å². The fraction of sp³-hybridized carbons (Fsp3) is 0.393. The standard InChI is InChI=1S/C28H38N2O4/c1-6-10-15-24(26(9-4)28(32)33)21-34-19-12-11-18-30(22(5)31)20-25-17-16-23(13-7-2)27(29-25)14-8-3/h6-8,10,13,15-17H,1,3,9,11-12,14,18-21H2,2,4-5H3,(H,32,33)/b13-7-,15-10-,26-24-. The highest BCUT2D eigenvalue weighted by Crippen LogP contribution is 2.14. The van der Waals surface area contributed by atoms with Crippen LogP contribution in [0.1, 0.15) is 57.0 Å². The third-order valence-electron chi connectivity index (χ3n) is 5.21. The fourth-order valence-corrected chi connectivity index (χ4v) is 3.44. The number of hydrogen-bond acceptors (Lipinski definition) is 4. The van der Waals surface area contributed by atoms with Gasteiger partial charge in [-0.1, -0.05) is 56.0 Å². The number of carbonyl (C=O) groups excluding carboxylic acids is 1. The highest BCUT2D eigenvalue weighted by atomic mass is 16.5. The Hall–Kier alpha value is -3.25. The first-order chi connectivity index (χ1) is 16.4. The van der Waals surface area contributed by atoms with Crippen LogP contribution >= 0.6 is 0 Å². The molecule has 0 aliphatic heterocycles. The Morgan fingerprint density at radius 3 is 2.59 bits per heavy atom. The van der Waals surface area contributed by atoms with E-state index < -0.39 is 5.97 Å². The lowest BCUT2D eigenvalue weighted by molar-refractivity contribution is -0.133. The van der Waals surface area contributed by atoms with Gasteiger partial charge in [-0.2, -0.15) is 0 Å². The summed E-state index contributed by atoms with van der Waals surface area (Å²) in [4.78, 5) is 30.1. The lowest BCUT2D eigenvalue weighted by atomic mass is 10.1. The predicted molar refractivity (Wildman–Crippen MR) is 138 cm³/mol. The molecule has 0 radical (unpaired) electrons. The van der Waals surface area contributed by atoms with Crippen molar-refractivity contribution in [2.45, 2.75) is 53.0 Å². The maximum Gasteiger partial charge on any atom is 0.331 e. The number of aromatic nitrogens is 1. The lowest BCUT2D eigenvalue weighted by Gasteiger charge is -2.21. The van der Waals surface area contributed by atoms with Crippen LogP contribution in [-0.4, -0.2) is 46.6 Å². The van der Waals surface area contributed by atoms with Gasteiger partial charge in [0.15, 0.2) is 0 Å². The Morgan fingerprint density at radius 2 is 2.00 bits per heavy atom. The summed E-state index contributed by atoms with van der Waals surface area (Å²) in [6.07, 6.45) is 13.5. The summed E-state index contributed by atoms with van der Waals surface area (Å²) in [7, 11) is 0. The van der Waals surface area contributed by atoms with Gasteiger partial charge in [0.05, 0.1) is 24.5 Å². The second-order valence-electron chi connectivity index (χ2n) is 7.79. The first-order valence-electron chi connectivity index (χ1n) is 11.7. The molecule has 0 saturated carbocycles. The molecule has 1 aromatic rings. The summed E-state index contributed by atoms with van der Waals surface area (Å²) >= 11 is 0. The maximum atomic E-state index is 12.2. The van der Waals surface area contributed by atoms with E-state index in [2.05, 4.69) is 13.2 Å². The van der Waals surface area contributed by atoms with Gasteiger partial charge in [-0.15, -0.1) is 6.58 Å². The van der Waals surface area contributed by atoms with Gasteiger partial charge in [0.2, 0.25) is 5.91 Å². The van der Waals surface area contributed by atoms with Gasteiger partial charge >= 0.3 is 5.97 Å². The minimum absolute atomic E-state index is 0.000604. The van der Waals surface area contributed by atoms with Crippen molar-refractivity contribution in [1.82, 2.24) is 9.88 Å². The van der Waals surface area contributed by atoms with Gasteiger partial charge in [-0.3, -0.25) is 9.78 Å². The molecule has 34 heavy (non-hydrogen) atoms. The average Bonchev–Trinajstić information content (AvgIpc) is 2.80. The minimum Gasteiger partial charge on any atom is -0.478 e. The zero-order valence-electron chi connectivity index (χ0n) is 20.8. The number of aliphatic carboxylic acids is 1. The highest BCUT2D eigenvalue weighted by Gasteiger charge is 2.13. The third kappa shape index (κ3) is 10.1. The summed E-state index contributed by atoms with van der Waals surface area (Å²) in [5.41, 5.74) is 3.83. The molecule has 1 aromatic heterocycles. The lowest BCUT2D eigenvalue weighted by Crippen LogP contribution is -2.30. The molecule has 0 spiro atoms. The number of carbonyl (C=O) groups is 2. The number of carboxylic acid groups (broad SMARTS) is 1. The van der Waals surface area contributed by atoms with E-state index in [1.807, 2.05) is 44.2 Å². The SMILES string of the molecule is C=C/C=C\C(COCCCCN(Cc1ccc(/C=C\C)c(CC=C)n1)C(C)=O)=C(/CC)C(=O)O. The van der Waals surface area contributed by atoms with Crippen LogP contribution in [-0.2, 0) is 27.3 Å². The smallest absolute Gasteiger partial charge is 0.331 e. The van der Waals surface area contributed by atoms with Crippen molar-refractivity contribution in [3.63, 3.8) is 0 Å². The zero-order chi connectivity index (χ0) is 25.3. The largest absolute Gasteiger partial charge is 0.478 e. The summed E-state index contributed by atoms with van der Waals surface area (Å²) in [5, 5.41) is 9.38. The van der Waals surface area contributed by atoms with Crippen LogP contribution in [0.15, 0.2) is 66.8 Å². The summed E-state index contributed by atoms with van der Waals surface area (Å²) in [5.74, 6) is -0.935. The number of rotatable bonds is 16. The molecule has 1 amide bonds. The van der Waals surface area contributed by atoms with Crippen LogP contribution in [0, 0.1) is 0 Å². The maximum absolute atomic E-state index is 12.2. The molecule has 184 valence electrons. The van der Waals surface area contributed by atoms with Gasteiger partial charge in [0.25, 0.3) is 0 Å². The molecule has 1 N–H and O–H groups in total.